The Morgan fingerprint density at radius 1 is 1.11 bits per heavy atom. The molecule has 0 aliphatic heterocycles. The summed E-state index contributed by atoms with van der Waals surface area (Å²) in [5, 5.41) is 0.462. The number of nitrogens with one attached hydrogen (secondary N) is 1. The molecular formula is C13H16N2O2S. The average molecular weight is 270 g/mol. The molecule has 0 saturated carbocycles. The maximum Gasteiger partial charge on any atom is 0.240 e. The molecule has 5 heteroatoms. The number of hydrogen-bond donors (Lipinski definition) is 1. The van der Waals surface area contributed by atoms with Crippen LogP contribution >= 0.6 is 0 Å². The van der Waals surface area contributed by atoms with Gasteiger partial charge in [0, 0.05) is 38.6 Å². The van der Waals surface area contributed by atoms with E-state index < -0.39 is 24.0 Å². The quantitative estimate of drug-likeness (QED) is 0.925. The Morgan fingerprint density at radius 3 is 2.44 bits per heavy atom. The molecule has 0 bridgehead atoms. The van der Waals surface area contributed by atoms with E-state index in [0.717, 1.165) is 0 Å². The van der Waals surface area contributed by atoms with Crippen molar-refractivity contribution in [2.45, 2.75) is 4.90 Å². The van der Waals surface area contributed by atoms with Crippen LogP contribution in [-0.2, 0) is 10.0 Å². The lowest BCUT2D eigenvalue weighted by molar-refractivity contribution is 0.589. The van der Waals surface area contributed by atoms with Gasteiger partial charge in [-0.3, -0.25) is 0 Å². The minimum atomic E-state index is -3.79. The number of nitrogens with zero attached hydrogens (tertiary/aromatic N) is 1. The predicted octanol–water partition coefficient (Wildman–Crippen LogP) is 1.81. The molecule has 0 fully saturated rings. The second kappa shape index (κ2) is 4.59. The van der Waals surface area contributed by atoms with Gasteiger partial charge >= 0.3 is 0 Å². The second-order valence-electron chi connectivity index (χ2n) is 3.67. The first-order valence-corrected chi connectivity index (χ1v) is 6.63. The van der Waals surface area contributed by atoms with Gasteiger partial charge in [-0.05, 0) is 19.2 Å². The lowest BCUT2D eigenvalue weighted by Crippen LogP contribution is -2.19. The number of rotatable bonds is 3. The van der Waals surface area contributed by atoms with E-state index >= 15 is 0 Å². The van der Waals surface area contributed by atoms with Crippen LogP contribution in [0, 0.1) is 0 Å². The topological polar surface area (TPSA) is 49.4 Å². The van der Waals surface area contributed by atoms with Gasteiger partial charge in [-0.2, -0.15) is 0 Å². The number of sulfonamides is 1. The van der Waals surface area contributed by atoms with Crippen LogP contribution in [0.2, 0.25) is 0 Å². The van der Waals surface area contributed by atoms with Crippen molar-refractivity contribution in [3.8, 4) is 0 Å². The first-order chi connectivity index (χ1) is 10.9. The van der Waals surface area contributed by atoms with Crippen molar-refractivity contribution in [2.75, 3.05) is 25.9 Å². The number of anilines is 1. The molecule has 96 valence electrons. The molecular weight excluding hydrogens is 248 g/mol. The van der Waals surface area contributed by atoms with Crippen LogP contribution < -0.4 is 9.62 Å². The van der Waals surface area contributed by atoms with E-state index in [-0.39, 0.29) is 21.4 Å². The van der Waals surface area contributed by atoms with Gasteiger partial charge < -0.3 is 4.90 Å². The van der Waals surface area contributed by atoms with E-state index in [1.54, 1.807) is 0 Å². The fourth-order valence-corrected chi connectivity index (χ4v) is 2.75. The summed E-state index contributed by atoms with van der Waals surface area (Å²) in [6.07, 6.45) is 0. The maximum atomic E-state index is 12.1. The minimum absolute atomic E-state index is 0.0552. The zero-order valence-electron chi connectivity index (χ0n) is 15.6. The molecule has 0 aliphatic rings. The summed E-state index contributed by atoms with van der Waals surface area (Å²) in [5.41, 5.74) is -0.0827. The largest absolute Gasteiger partial charge is 0.377 e. The van der Waals surface area contributed by atoms with Crippen LogP contribution in [0.5, 0.6) is 0 Å². The van der Waals surface area contributed by atoms with Gasteiger partial charge in [0.25, 0.3) is 0 Å². The third-order valence-electron chi connectivity index (χ3n) is 2.66. The van der Waals surface area contributed by atoms with Crippen LogP contribution in [-0.4, -0.2) is 29.4 Å². The first kappa shape index (κ1) is 7.11. The molecule has 4 nitrogen and oxygen atoms in total. The summed E-state index contributed by atoms with van der Waals surface area (Å²) in [5.74, 6) is 0. The third-order valence-corrected chi connectivity index (χ3v) is 4.13. The van der Waals surface area contributed by atoms with Crippen molar-refractivity contribution >= 4 is 26.5 Å². The maximum absolute atomic E-state index is 12.1. The Morgan fingerprint density at radius 2 is 1.78 bits per heavy atom. The highest BCUT2D eigenvalue weighted by Gasteiger charge is 2.16. The fraction of sp³-hybridized carbons (Fsp3) is 0.231. The molecule has 0 aliphatic carbocycles. The van der Waals surface area contributed by atoms with Gasteiger partial charge in [-0.1, -0.05) is 24.3 Å². The van der Waals surface area contributed by atoms with E-state index in [4.69, 9.17) is 8.22 Å². The van der Waals surface area contributed by atoms with E-state index in [2.05, 4.69) is 4.72 Å². The molecule has 18 heavy (non-hydrogen) atoms. The number of hydrogen-bond acceptors (Lipinski definition) is 3. The Kier molecular flexibility index (Phi) is 1.81. The van der Waals surface area contributed by atoms with E-state index in [0.29, 0.717) is 4.90 Å². The molecule has 0 unspecified atom stereocenters. The molecule has 1 N–H and O–H groups in total. The van der Waals surface area contributed by atoms with Crippen molar-refractivity contribution in [3.63, 3.8) is 0 Å². The Labute approximate surface area is 116 Å². The summed E-state index contributed by atoms with van der Waals surface area (Å²) < 4.78 is 71.7. The van der Waals surface area contributed by atoms with Gasteiger partial charge in [-0.25, -0.2) is 13.1 Å². The SMILES string of the molecule is [2H]C([2H])([2H])N(c1cccc2c(S(=O)(=O)NC)cccc12)C([2H])([2H])[2H]. The summed E-state index contributed by atoms with van der Waals surface area (Å²) in [6, 6.07) is 8.57. The predicted molar refractivity (Wildman–Crippen MR) is 74.5 cm³/mol. The van der Waals surface area contributed by atoms with Gasteiger partial charge in [0.1, 0.15) is 0 Å². The standard InChI is InChI=1S/C13H16N2O2S/c1-14-18(16,17)13-9-5-6-10-11(13)7-4-8-12(10)15(2)3/h4-9,14H,1-3H3/i2D3,3D3. The van der Waals surface area contributed by atoms with E-state index in [9.17, 15) is 8.42 Å². The molecule has 2 rings (SSSR count). The first-order valence-electron chi connectivity index (χ1n) is 8.15. The van der Waals surface area contributed by atoms with Crippen LogP contribution in [0.15, 0.2) is 41.3 Å². The third kappa shape index (κ3) is 2.07. The van der Waals surface area contributed by atoms with Crippen LogP contribution in [0.1, 0.15) is 8.22 Å². The molecule has 0 heterocycles. The average Bonchev–Trinajstić information content (AvgIpc) is 2.44. The zero-order chi connectivity index (χ0) is 18.3. The monoisotopic (exact) mass is 270 g/mol. The zero-order valence-corrected chi connectivity index (χ0v) is 10.5. The highest BCUT2D eigenvalue weighted by Crippen LogP contribution is 2.29. The Balaban J connectivity index is 2.85. The molecule has 0 aromatic heterocycles. The van der Waals surface area contributed by atoms with Gasteiger partial charge in [0.2, 0.25) is 10.0 Å². The van der Waals surface area contributed by atoms with Crippen molar-refractivity contribution in [1.82, 2.24) is 4.72 Å². The smallest absolute Gasteiger partial charge is 0.240 e. The Hall–Kier alpha value is -1.59. The fourth-order valence-electron chi connectivity index (χ4n) is 1.80. The summed E-state index contributed by atoms with van der Waals surface area (Å²) in [7, 11) is -2.53. The van der Waals surface area contributed by atoms with Gasteiger partial charge in [0.15, 0.2) is 0 Å². The van der Waals surface area contributed by atoms with Crippen molar-refractivity contribution in [2.24, 2.45) is 0 Å². The van der Waals surface area contributed by atoms with Crippen LogP contribution in [0.25, 0.3) is 10.8 Å². The molecule has 2 aromatic carbocycles. The summed E-state index contributed by atoms with van der Waals surface area (Å²) in [4.78, 5) is 0.290. The Bertz CT molecular complexity index is 847. The number of fused-ring (bicyclic) bond motifs is 1. The molecule has 2 aromatic rings. The van der Waals surface area contributed by atoms with Crippen molar-refractivity contribution < 1.29 is 16.6 Å². The normalized spacial score (nSPS) is 18.1. The highest BCUT2D eigenvalue weighted by atomic mass is 32.2. The molecule has 0 radical (unpaired) electrons. The molecule has 0 atom stereocenters. The van der Waals surface area contributed by atoms with Gasteiger partial charge in [-0.15, -0.1) is 0 Å². The van der Waals surface area contributed by atoms with Crippen LogP contribution in [0.3, 0.4) is 0 Å². The second-order valence-corrected chi connectivity index (χ2v) is 5.53. The highest BCUT2D eigenvalue weighted by molar-refractivity contribution is 7.89. The summed E-state index contributed by atoms with van der Waals surface area (Å²) in [6.45, 7) is -5.84. The lowest BCUT2D eigenvalue weighted by atomic mass is 10.1. The summed E-state index contributed by atoms with van der Waals surface area (Å²) >= 11 is 0. The lowest BCUT2D eigenvalue weighted by Gasteiger charge is -2.16. The minimum Gasteiger partial charge on any atom is -0.377 e. The van der Waals surface area contributed by atoms with Gasteiger partial charge in [0.05, 0.1) is 4.90 Å². The van der Waals surface area contributed by atoms with Crippen molar-refractivity contribution in [1.29, 1.82) is 0 Å². The van der Waals surface area contributed by atoms with Crippen molar-refractivity contribution in [3.05, 3.63) is 36.4 Å². The van der Waals surface area contributed by atoms with E-state index in [1.165, 1.54) is 43.4 Å². The van der Waals surface area contributed by atoms with Crippen LogP contribution in [0.4, 0.5) is 5.69 Å². The molecule has 0 saturated heterocycles. The molecule has 0 spiro atoms. The number of benzene rings is 2. The molecule has 0 amide bonds. The van der Waals surface area contributed by atoms with E-state index in [1.807, 2.05) is 0 Å².